The summed E-state index contributed by atoms with van der Waals surface area (Å²) in [5.74, 6) is 1.00. The summed E-state index contributed by atoms with van der Waals surface area (Å²) in [5.41, 5.74) is 8.14. The molecule has 0 unspecified atom stereocenters. The number of aromatic nitrogens is 3. The number of ketones is 1. The maximum absolute atomic E-state index is 11.9. The number of rotatable bonds is 5. The lowest BCUT2D eigenvalue weighted by molar-refractivity contribution is 0.102. The first-order chi connectivity index (χ1) is 12.1. The second-order valence-corrected chi connectivity index (χ2v) is 6.98. The molecule has 3 aromatic heterocycles. The number of anilines is 2. The second-order valence-electron chi connectivity index (χ2n) is 5.98. The van der Waals surface area contributed by atoms with Crippen LogP contribution in [0, 0.1) is 0 Å². The number of nitrogens with zero attached hydrogens (tertiary/aromatic N) is 3. The lowest BCUT2D eigenvalue weighted by Gasteiger charge is -2.08. The Hall–Kier alpha value is -2.74. The van der Waals surface area contributed by atoms with Crippen molar-refractivity contribution in [3.05, 3.63) is 23.2 Å². The summed E-state index contributed by atoms with van der Waals surface area (Å²) in [5, 5.41) is 4.01. The quantitative estimate of drug-likeness (QED) is 0.678. The van der Waals surface area contributed by atoms with Crippen molar-refractivity contribution in [1.29, 1.82) is 0 Å². The van der Waals surface area contributed by atoms with Crippen LogP contribution in [0.15, 0.2) is 18.3 Å². The van der Waals surface area contributed by atoms with E-state index in [1.165, 1.54) is 18.3 Å². The molecule has 3 aromatic rings. The zero-order valence-electron chi connectivity index (χ0n) is 13.9. The fourth-order valence-electron chi connectivity index (χ4n) is 2.61. The van der Waals surface area contributed by atoms with E-state index in [9.17, 15) is 4.79 Å². The topological polar surface area (TPSA) is 103 Å². The molecule has 3 N–H and O–H groups in total. The number of fused-ring (bicyclic) bond motifs is 1. The van der Waals surface area contributed by atoms with E-state index >= 15 is 0 Å². The minimum Gasteiger partial charge on any atom is -0.481 e. The highest BCUT2D eigenvalue weighted by Crippen LogP contribution is 2.39. The first-order valence-corrected chi connectivity index (χ1v) is 8.76. The molecule has 8 heteroatoms. The molecule has 0 radical (unpaired) electrons. The van der Waals surface area contributed by atoms with Gasteiger partial charge >= 0.3 is 0 Å². The number of carbonyl (C=O) groups is 1. The molecule has 0 bridgehead atoms. The number of Topliss-reactive ketones (excluding diaryl/α,β-unsaturated/α-hetero) is 1. The Morgan fingerprint density at radius 1 is 1.36 bits per heavy atom. The van der Waals surface area contributed by atoms with Gasteiger partial charge in [-0.1, -0.05) is 0 Å². The highest BCUT2D eigenvalue weighted by molar-refractivity contribution is 7.21. The Morgan fingerprint density at radius 2 is 2.16 bits per heavy atom. The molecule has 0 spiro atoms. The lowest BCUT2D eigenvalue weighted by atomic mass is 10.1. The number of nitrogens with two attached hydrogens (primary N) is 1. The highest BCUT2D eigenvalue weighted by Gasteiger charge is 2.25. The molecule has 1 saturated carbocycles. The van der Waals surface area contributed by atoms with Crippen molar-refractivity contribution in [3.63, 3.8) is 0 Å². The summed E-state index contributed by atoms with van der Waals surface area (Å²) in [6, 6.07) is 4.06. The van der Waals surface area contributed by atoms with E-state index in [0.717, 1.165) is 18.4 Å². The Morgan fingerprint density at radius 3 is 2.76 bits per heavy atom. The van der Waals surface area contributed by atoms with Crippen molar-refractivity contribution in [2.24, 2.45) is 0 Å². The third kappa shape index (κ3) is 2.89. The van der Waals surface area contributed by atoms with Gasteiger partial charge in [0.1, 0.15) is 4.83 Å². The number of hydrogen-bond donors (Lipinski definition) is 2. The fraction of sp³-hybridized carbons (Fsp3) is 0.294. The van der Waals surface area contributed by atoms with Gasteiger partial charge in [-0.25, -0.2) is 15.0 Å². The summed E-state index contributed by atoms with van der Waals surface area (Å²) in [6.45, 7) is 1.51. The van der Waals surface area contributed by atoms with Gasteiger partial charge in [-0.3, -0.25) is 4.79 Å². The van der Waals surface area contributed by atoms with Crippen LogP contribution in [0.1, 0.15) is 29.4 Å². The summed E-state index contributed by atoms with van der Waals surface area (Å²) < 4.78 is 5.11. The van der Waals surface area contributed by atoms with Crippen molar-refractivity contribution in [2.45, 2.75) is 25.8 Å². The van der Waals surface area contributed by atoms with Crippen LogP contribution in [0.5, 0.6) is 5.88 Å². The van der Waals surface area contributed by atoms with E-state index < -0.39 is 0 Å². The normalized spacial score (nSPS) is 13.8. The molecular weight excluding hydrogens is 338 g/mol. The molecule has 0 aromatic carbocycles. The first-order valence-electron chi connectivity index (χ1n) is 7.94. The van der Waals surface area contributed by atoms with Gasteiger partial charge in [-0.05, 0) is 18.9 Å². The van der Waals surface area contributed by atoms with E-state index in [0.29, 0.717) is 44.3 Å². The number of pyridine rings is 1. The van der Waals surface area contributed by atoms with Crippen LogP contribution in [-0.2, 0) is 0 Å². The van der Waals surface area contributed by atoms with Crippen molar-refractivity contribution >= 4 is 39.0 Å². The number of carbonyl (C=O) groups excluding carboxylic acids is 1. The van der Waals surface area contributed by atoms with E-state index in [-0.39, 0.29) is 5.78 Å². The average molecular weight is 355 g/mol. The van der Waals surface area contributed by atoms with Gasteiger partial charge in [0.05, 0.1) is 28.8 Å². The third-order valence-electron chi connectivity index (χ3n) is 4.04. The standard InChI is InChI=1S/C17H17N5O2S/c1-8(23)15-13(18)12-14(9-3-6-11(24-2)19-7-9)21-17(20-10-4-5-10)22-16(12)25-15/h3,6-7,10H,4-5,18H2,1-2H3,(H,20,21,22). The van der Waals surface area contributed by atoms with E-state index in [2.05, 4.69) is 20.3 Å². The minimum absolute atomic E-state index is 0.0731. The average Bonchev–Trinajstić information content (AvgIpc) is 3.36. The number of thiophene rings is 1. The highest BCUT2D eigenvalue weighted by atomic mass is 32.1. The van der Waals surface area contributed by atoms with Gasteiger partial charge in [0, 0.05) is 30.8 Å². The van der Waals surface area contributed by atoms with Gasteiger partial charge < -0.3 is 15.8 Å². The summed E-state index contributed by atoms with van der Waals surface area (Å²) >= 11 is 1.30. The molecule has 0 amide bonds. The Bertz CT molecular complexity index is 963. The van der Waals surface area contributed by atoms with Gasteiger partial charge in [0.15, 0.2) is 5.78 Å². The summed E-state index contributed by atoms with van der Waals surface area (Å²) in [7, 11) is 1.57. The maximum atomic E-state index is 11.9. The molecule has 3 heterocycles. The van der Waals surface area contributed by atoms with Gasteiger partial charge in [0.25, 0.3) is 0 Å². The van der Waals surface area contributed by atoms with E-state index in [1.807, 2.05) is 6.07 Å². The van der Waals surface area contributed by atoms with Crippen molar-refractivity contribution in [1.82, 2.24) is 15.0 Å². The Labute approximate surface area is 148 Å². The van der Waals surface area contributed by atoms with Crippen LogP contribution < -0.4 is 15.8 Å². The molecule has 0 aliphatic heterocycles. The number of hydrogen-bond acceptors (Lipinski definition) is 8. The van der Waals surface area contributed by atoms with E-state index in [4.69, 9.17) is 10.5 Å². The molecule has 0 atom stereocenters. The minimum atomic E-state index is -0.0731. The van der Waals surface area contributed by atoms with Crippen molar-refractivity contribution in [3.8, 4) is 17.1 Å². The smallest absolute Gasteiger partial charge is 0.224 e. The van der Waals surface area contributed by atoms with Gasteiger partial charge in [-0.15, -0.1) is 11.3 Å². The lowest BCUT2D eigenvalue weighted by Crippen LogP contribution is -2.06. The number of nitrogens with one attached hydrogen (secondary N) is 1. The molecule has 1 aliphatic carbocycles. The Kier molecular flexibility index (Phi) is 3.76. The number of nitrogen functional groups attached to an aromatic ring is 1. The predicted octanol–water partition coefficient (Wildman–Crippen LogP) is 3.12. The Balaban J connectivity index is 1.92. The zero-order chi connectivity index (χ0) is 17.6. The van der Waals surface area contributed by atoms with Gasteiger partial charge in [-0.2, -0.15) is 0 Å². The van der Waals surface area contributed by atoms with Crippen LogP contribution in [0.25, 0.3) is 21.5 Å². The third-order valence-corrected chi connectivity index (χ3v) is 5.24. The summed E-state index contributed by atoms with van der Waals surface area (Å²) in [6.07, 6.45) is 3.92. The molecule has 1 aliphatic rings. The van der Waals surface area contributed by atoms with E-state index in [1.54, 1.807) is 19.4 Å². The molecule has 1 fully saturated rings. The zero-order valence-corrected chi connectivity index (χ0v) is 14.7. The largest absolute Gasteiger partial charge is 0.481 e. The van der Waals surface area contributed by atoms with Crippen LogP contribution in [0.2, 0.25) is 0 Å². The van der Waals surface area contributed by atoms with Crippen LogP contribution in [0.3, 0.4) is 0 Å². The molecular formula is C17H17N5O2S. The molecule has 128 valence electrons. The fourth-order valence-corrected chi connectivity index (χ4v) is 3.60. The van der Waals surface area contributed by atoms with Crippen molar-refractivity contribution in [2.75, 3.05) is 18.2 Å². The molecule has 0 saturated heterocycles. The summed E-state index contributed by atoms with van der Waals surface area (Å²) in [4.78, 5) is 26.5. The SMILES string of the molecule is COc1ccc(-c2nc(NC3CC3)nc3sc(C(C)=O)c(N)c23)cn1. The van der Waals surface area contributed by atoms with Crippen LogP contribution >= 0.6 is 11.3 Å². The molecule has 4 rings (SSSR count). The maximum Gasteiger partial charge on any atom is 0.224 e. The molecule has 7 nitrogen and oxygen atoms in total. The van der Waals surface area contributed by atoms with Crippen LogP contribution in [0.4, 0.5) is 11.6 Å². The monoisotopic (exact) mass is 355 g/mol. The first kappa shape index (κ1) is 15.8. The van der Waals surface area contributed by atoms with Crippen molar-refractivity contribution < 1.29 is 9.53 Å². The second kappa shape index (κ2) is 5.96. The molecule has 25 heavy (non-hydrogen) atoms. The van der Waals surface area contributed by atoms with Gasteiger partial charge in [0.2, 0.25) is 11.8 Å². The number of methoxy groups -OCH3 is 1. The predicted molar refractivity (Wildman–Crippen MR) is 98.3 cm³/mol. The number of ether oxygens (including phenoxy) is 1. The van der Waals surface area contributed by atoms with Crippen LogP contribution in [-0.4, -0.2) is 33.9 Å².